The lowest BCUT2D eigenvalue weighted by molar-refractivity contribution is -0.161. The van der Waals surface area contributed by atoms with Gasteiger partial charge in [0.1, 0.15) is 19.3 Å². The average Bonchev–Trinajstić information content (AvgIpc) is 2.33. The lowest BCUT2D eigenvalue weighted by atomic mass is 9.99. The van der Waals surface area contributed by atoms with Gasteiger partial charge < -0.3 is 33.8 Å². The topological polar surface area (TPSA) is 237 Å². The molecule has 552 valence electrons. The van der Waals surface area contributed by atoms with Gasteiger partial charge in [-0.05, 0) is 49.4 Å². The molecule has 0 spiro atoms. The fourth-order valence-electron chi connectivity index (χ4n) is 11.2. The third kappa shape index (κ3) is 67.0. The Balaban J connectivity index is 5.23. The fraction of sp³-hybridized carbons (Fsp3) is 0.946. The van der Waals surface area contributed by atoms with Crippen LogP contribution in [0, 0.1) is 23.7 Å². The van der Waals surface area contributed by atoms with Crippen LogP contribution < -0.4 is 0 Å². The molecule has 0 aliphatic rings. The van der Waals surface area contributed by atoms with Crippen molar-refractivity contribution < 1.29 is 80.2 Å². The van der Waals surface area contributed by atoms with Gasteiger partial charge >= 0.3 is 39.5 Å². The molecule has 0 amide bonds. The highest BCUT2D eigenvalue weighted by molar-refractivity contribution is 7.47. The van der Waals surface area contributed by atoms with Crippen molar-refractivity contribution in [3.05, 3.63) is 0 Å². The van der Waals surface area contributed by atoms with E-state index >= 15 is 0 Å². The van der Waals surface area contributed by atoms with Gasteiger partial charge in [-0.2, -0.15) is 0 Å². The second kappa shape index (κ2) is 63.5. The van der Waals surface area contributed by atoms with Crippen LogP contribution in [-0.2, 0) is 65.4 Å². The number of aliphatic hydroxyl groups excluding tert-OH is 1. The van der Waals surface area contributed by atoms with E-state index < -0.39 is 97.5 Å². The zero-order valence-electron chi connectivity index (χ0n) is 60.9. The lowest BCUT2D eigenvalue weighted by Crippen LogP contribution is -2.30. The molecular formula is C74H144O17P2. The normalized spacial score (nSPS) is 14.5. The van der Waals surface area contributed by atoms with E-state index in [1.54, 1.807) is 0 Å². The van der Waals surface area contributed by atoms with Gasteiger partial charge in [-0.1, -0.05) is 319 Å². The maximum absolute atomic E-state index is 13.1. The molecule has 93 heavy (non-hydrogen) atoms. The summed E-state index contributed by atoms with van der Waals surface area (Å²) in [6.45, 7) is 14.1. The van der Waals surface area contributed by atoms with Crippen LogP contribution in [0.25, 0.3) is 0 Å². The highest BCUT2D eigenvalue weighted by Crippen LogP contribution is 2.45. The molecule has 0 saturated heterocycles. The Morgan fingerprint density at radius 3 is 0.763 bits per heavy atom. The molecule has 0 aromatic heterocycles. The third-order valence-corrected chi connectivity index (χ3v) is 19.3. The van der Waals surface area contributed by atoms with Crippen LogP contribution in [0.1, 0.15) is 370 Å². The number of phosphoric ester groups is 2. The number of aliphatic hydroxyl groups is 1. The molecule has 0 fully saturated rings. The van der Waals surface area contributed by atoms with Crippen molar-refractivity contribution in [2.24, 2.45) is 23.7 Å². The maximum Gasteiger partial charge on any atom is 0.472 e. The minimum atomic E-state index is -4.96. The summed E-state index contributed by atoms with van der Waals surface area (Å²) in [6, 6.07) is 0. The summed E-state index contributed by atoms with van der Waals surface area (Å²) in [5.41, 5.74) is 0. The Morgan fingerprint density at radius 1 is 0.301 bits per heavy atom. The summed E-state index contributed by atoms with van der Waals surface area (Å²) in [5.74, 6) is 0.905. The Kier molecular flexibility index (Phi) is 62.2. The van der Waals surface area contributed by atoms with Crippen molar-refractivity contribution in [3.8, 4) is 0 Å². The summed E-state index contributed by atoms with van der Waals surface area (Å²) in [7, 11) is -9.91. The summed E-state index contributed by atoms with van der Waals surface area (Å²) < 4.78 is 68.4. The van der Waals surface area contributed by atoms with E-state index in [1.165, 1.54) is 173 Å². The van der Waals surface area contributed by atoms with Crippen LogP contribution in [0.2, 0.25) is 0 Å². The van der Waals surface area contributed by atoms with E-state index in [2.05, 4.69) is 55.4 Å². The number of rotatable bonds is 71. The number of carbonyl (C=O) groups is 4. The molecule has 0 aromatic rings. The van der Waals surface area contributed by atoms with E-state index in [0.29, 0.717) is 25.7 Å². The molecule has 17 nitrogen and oxygen atoms in total. The van der Waals surface area contributed by atoms with Crippen LogP contribution in [-0.4, -0.2) is 96.7 Å². The smallest absolute Gasteiger partial charge is 0.462 e. The van der Waals surface area contributed by atoms with E-state index in [-0.39, 0.29) is 25.7 Å². The molecule has 6 atom stereocenters. The summed E-state index contributed by atoms with van der Waals surface area (Å²) in [4.78, 5) is 72.7. The number of phosphoric acid groups is 2. The highest BCUT2D eigenvalue weighted by Gasteiger charge is 2.30. The molecule has 0 aromatic carbocycles. The predicted octanol–water partition coefficient (Wildman–Crippen LogP) is 21.3. The van der Waals surface area contributed by atoms with Gasteiger partial charge in [-0.3, -0.25) is 37.3 Å². The molecule has 0 saturated carbocycles. The SMILES string of the molecule is CCC(C)CCCCCCCCCCC(=O)OC[C@H](COP(=O)(O)OCC(O)COP(=O)(O)OC[C@@H](COC(=O)CCCCCCCCCCC(C)C)OC(=O)CCCCCCCCCCC(C)C)OC(=O)CCCCCCCCCCCCCCCCCCC(C)C. The first-order valence-electron chi connectivity index (χ1n) is 38.2. The third-order valence-electron chi connectivity index (χ3n) is 17.4. The van der Waals surface area contributed by atoms with Crippen LogP contribution in [0.5, 0.6) is 0 Å². The van der Waals surface area contributed by atoms with Crippen LogP contribution in [0.4, 0.5) is 0 Å². The number of esters is 4. The largest absolute Gasteiger partial charge is 0.472 e. The van der Waals surface area contributed by atoms with Crippen molar-refractivity contribution in [3.63, 3.8) is 0 Å². The molecule has 3 N–H and O–H groups in total. The Morgan fingerprint density at radius 2 is 0.516 bits per heavy atom. The van der Waals surface area contributed by atoms with E-state index in [0.717, 1.165) is 114 Å². The van der Waals surface area contributed by atoms with Gasteiger partial charge in [-0.25, -0.2) is 9.13 Å². The fourth-order valence-corrected chi connectivity index (χ4v) is 12.7. The molecule has 0 heterocycles. The standard InChI is InChI=1S/C74H144O17P2/c1-9-67(8)53-45-37-29-22-25-31-39-47-55-72(77)85-60-69(90-73(78)56-48-40-32-19-17-15-13-11-10-12-14-16-18-26-34-42-50-64(2)3)62-88-92(80,81)86-58-68(75)59-87-93(82,83)89-63-70(91-74(79)57-49-41-33-24-21-28-36-44-52-66(6)7)61-84-71(76)54-46-38-30-23-20-27-35-43-51-65(4)5/h64-70,75H,9-63H2,1-8H3,(H,80,81)(H,82,83)/t67?,68?,69-,70-/m1/s1. The lowest BCUT2D eigenvalue weighted by Gasteiger charge is -2.21. The summed E-state index contributed by atoms with van der Waals surface area (Å²) >= 11 is 0. The second-order valence-electron chi connectivity index (χ2n) is 28.4. The Hall–Kier alpha value is -1.94. The number of ether oxygens (including phenoxy) is 4. The summed E-state index contributed by atoms with van der Waals surface area (Å²) in [6.07, 6.45) is 47.3. The molecule has 4 unspecified atom stereocenters. The van der Waals surface area contributed by atoms with Crippen molar-refractivity contribution in [2.45, 2.75) is 388 Å². The van der Waals surface area contributed by atoms with Gasteiger partial charge in [0.25, 0.3) is 0 Å². The number of hydrogen-bond acceptors (Lipinski definition) is 15. The van der Waals surface area contributed by atoms with Gasteiger partial charge in [0, 0.05) is 25.7 Å². The molecule has 0 rings (SSSR count). The van der Waals surface area contributed by atoms with Crippen molar-refractivity contribution >= 4 is 39.5 Å². The highest BCUT2D eigenvalue weighted by atomic mass is 31.2. The predicted molar refractivity (Wildman–Crippen MR) is 377 cm³/mol. The first-order chi connectivity index (χ1) is 44.6. The number of hydrogen-bond donors (Lipinski definition) is 3. The first-order valence-corrected chi connectivity index (χ1v) is 41.2. The van der Waals surface area contributed by atoms with Crippen LogP contribution >= 0.6 is 15.6 Å². The molecule has 19 heteroatoms. The van der Waals surface area contributed by atoms with Crippen LogP contribution in [0.15, 0.2) is 0 Å². The van der Waals surface area contributed by atoms with Crippen molar-refractivity contribution in [2.75, 3.05) is 39.6 Å². The Bertz CT molecular complexity index is 1840. The minimum Gasteiger partial charge on any atom is -0.462 e. The number of unbranched alkanes of at least 4 members (excludes halogenated alkanes) is 36. The quantitative estimate of drug-likeness (QED) is 0.0222. The minimum absolute atomic E-state index is 0.103. The van der Waals surface area contributed by atoms with Gasteiger partial charge in [-0.15, -0.1) is 0 Å². The van der Waals surface area contributed by atoms with Gasteiger partial charge in [0.15, 0.2) is 12.2 Å². The molecule has 0 radical (unpaired) electrons. The zero-order chi connectivity index (χ0) is 68.9. The van der Waals surface area contributed by atoms with E-state index in [1.807, 2.05) is 0 Å². The molecule has 0 aliphatic carbocycles. The molecule has 0 aliphatic heterocycles. The maximum atomic E-state index is 13.1. The molecular weight excluding hydrogens is 1220 g/mol. The van der Waals surface area contributed by atoms with E-state index in [9.17, 15) is 43.2 Å². The number of carbonyl (C=O) groups excluding carboxylic acids is 4. The van der Waals surface area contributed by atoms with Gasteiger partial charge in [0.05, 0.1) is 26.4 Å². The van der Waals surface area contributed by atoms with Gasteiger partial charge in [0.2, 0.25) is 0 Å². The second-order valence-corrected chi connectivity index (χ2v) is 31.3. The monoisotopic (exact) mass is 1370 g/mol. The van der Waals surface area contributed by atoms with Crippen molar-refractivity contribution in [1.82, 2.24) is 0 Å². The Labute approximate surface area is 568 Å². The van der Waals surface area contributed by atoms with Crippen LogP contribution in [0.3, 0.4) is 0 Å². The summed E-state index contributed by atoms with van der Waals surface area (Å²) in [5, 5.41) is 10.6. The van der Waals surface area contributed by atoms with E-state index in [4.69, 9.17) is 37.0 Å². The van der Waals surface area contributed by atoms with Crippen molar-refractivity contribution in [1.29, 1.82) is 0 Å². The zero-order valence-corrected chi connectivity index (χ0v) is 62.7. The first kappa shape index (κ1) is 91.1. The average molecular weight is 1370 g/mol. The molecule has 0 bridgehead atoms.